The van der Waals surface area contributed by atoms with Crippen LogP contribution in [0, 0.1) is 5.82 Å². The van der Waals surface area contributed by atoms with Crippen molar-refractivity contribution in [3.8, 4) is 5.75 Å². The molecule has 3 heterocycles. The fourth-order valence-electron chi connectivity index (χ4n) is 4.81. The van der Waals surface area contributed by atoms with Crippen molar-refractivity contribution in [2.45, 2.75) is 55.3 Å². The minimum atomic E-state index is -3.79. The van der Waals surface area contributed by atoms with Crippen LogP contribution >= 0.6 is 34.5 Å². The van der Waals surface area contributed by atoms with Crippen LogP contribution in [0.1, 0.15) is 31.2 Å². The van der Waals surface area contributed by atoms with Crippen LogP contribution in [-0.2, 0) is 16.6 Å². The second-order valence-corrected chi connectivity index (χ2v) is 11.8. The van der Waals surface area contributed by atoms with E-state index in [-0.39, 0.29) is 26.9 Å². The second kappa shape index (κ2) is 9.62. The van der Waals surface area contributed by atoms with E-state index >= 15 is 0 Å². The number of thiazole rings is 1. The lowest BCUT2D eigenvalue weighted by molar-refractivity contribution is 0.0445. The molecule has 6 nitrogen and oxygen atoms in total. The number of rotatable bonds is 7. The Morgan fingerprint density at radius 3 is 2.53 bits per heavy atom. The number of hydrogen-bond acceptors (Lipinski definition) is 6. The maximum atomic E-state index is 13.5. The van der Waals surface area contributed by atoms with Gasteiger partial charge in [0.2, 0.25) is 0 Å². The number of sulfonamides is 1. The number of ether oxygens (including phenoxy) is 1. The summed E-state index contributed by atoms with van der Waals surface area (Å²) in [4.78, 5) is 6.44. The van der Waals surface area contributed by atoms with Gasteiger partial charge in [-0.2, -0.15) is 0 Å². The van der Waals surface area contributed by atoms with Crippen molar-refractivity contribution in [1.29, 1.82) is 0 Å². The second-order valence-electron chi connectivity index (χ2n) is 8.59. The molecular formula is C23H22Cl2FN3O3S2. The molecule has 2 saturated heterocycles. The molecule has 1 N–H and O–H groups in total. The number of aromatic nitrogens is 1. The van der Waals surface area contributed by atoms with Crippen LogP contribution < -0.4 is 9.46 Å². The van der Waals surface area contributed by atoms with E-state index in [2.05, 4.69) is 14.6 Å². The molecule has 2 aliphatic rings. The van der Waals surface area contributed by atoms with E-state index in [0.29, 0.717) is 17.8 Å². The van der Waals surface area contributed by atoms with Gasteiger partial charge in [-0.1, -0.05) is 29.3 Å². The van der Waals surface area contributed by atoms with Gasteiger partial charge in [-0.25, -0.2) is 17.8 Å². The van der Waals surface area contributed by atoms with Crippen molar-refractivity contribution >= 4 is 50.4 Å². The van der Waals surface area contributed by atoms with Gasteiger partial charge in [-0.15, -0.1) is 11.3 Å². The molecule has 2 aromatic carbocycles. The molecule has 180 valence electrons. The van der Waals surface area contributed by atoms with E-state index in [4.69, 9.17) is 27.9 Å². The van der Waals surface area contributed by atoms with Crippen LogP contribution in [0.2, 0.25) is 10.0 Å². The van der Waals surface area contributed by atoms with E-state index in [1.807, 2.05) is 0 Å². The zero-order valence-corrected chi connectivity index (χ0v) is 21.1. The van der Waals surface area contributed by atoms with Crippen LogP contribution in [0.25, 0.3) is 0 Å². The summed E-state index contributed by atoms with van der Waals surface area (Å²) in [7, 11) is -3.79. The molecule has 0 aliphatic carbocycles. The summed E-state index contributed by atoms with van der Waals surface area (Å²) in [6.45, 7) is 0.724. The zero-order chi connectivity index (χ0) is 23.9. The van der Waals surface area contributed by atoms with Crippen LogP contribution in [0.3, 0.4) is 0 Å². The van der Waals surface area contributed by atoms with Crippen molar-refractivity contribution in [3.63, 3.8) is 0 Å². The number of hydrogen-bond donors (Lipinski definition) is 1. The molecule has 0 radical (unpaired) electrons. The van der Waals surface area contributed by atoms with Gasteiger partial charge in [-0.05, 0) is 61.6 Å². The van der Waals surface area contributed by atoms with Crippen molar-refractivity contribution in [2.75, 3.05) is 4.72 Å². The quantitative estimate of drug-likeness (QED) is 0.399. The Morgan fingerprint density at radius 1 is 1.12 bits per heavy atom. The Balaban J connectivity index is 1.24. The first kappa shape index (κ1) is 23.8. The van der Waals surface area contributed by atoms with Gasteiger partial charge in [-0.3, -0.25) is 9.62 Å². The van der Waals surface area contributed by atoms with Crippen LogP contribution in [-0.4, -0.2) is 36.5 Å². The van der Waals surface area contributed by atoms with Crippen molar-refractivity contribution in [2.24, 2.45) is 0 Å². The number of anilines is 1. The average molecular weight is 542 g/mol. The van der Waals surface area contributed by atoms with Crippen LogP contribution in [0.5, 0.6) is 5.75 Å². The number of benzene rings is 2. The Labute approximate surface area is 211 Å². The Bertz CT molecular complexity index is 1280. The summed E-state index contributed by atoms with van der Waals surface area (Å²) in [5, 5.41) is 2.00. The van der Waals surface area contributed by atoms with E-state index in [0.717, 1.165) is 37.8 Å². The Morgan fingerprint density at radius 2 is 1.88 bits per heavy atom. The molecule has 2 fully saturated rings. The zero-order valence-electron chi connectivity index (χ0n) is 18.0. The predicted molar refractivity (Wildman–Crippen MR) is 132 cm³/mol. The summed E-state index contributed by atoms with van der Waals surface area (Å²) in [6, 6.07) is 10.1. The molecule has 0 unspecified atom stereocenters. The molecule has 0 spiro atoms. The van der Waals surface area contributed by atoms with Crippen LogP contribution in [0.15, 0.2) is 52.2 Å². The molecule has 3 aromatic rings. The molecule has 11 heteroatoms. The summed E-state index contributed by atoms with van der Waals surface area (Å²) in [5.74, 6) is 0.333. The molecule has 0 amide bonds. The average Bonchev–Trinajstić information content (AvgIpc) is 3.37. The lowest BCUT2D eigenvalue weighted by Crippen LogP contribution is -2.45. The van der Waals surface area contributed by atoms with E-state index < -0.39 is 15.8 Å². The normalized spacial score (nSPS) is 22.6. The largest absolute Gasteiger partial charge is 0.489 e. The third-order valence-electron chi connectivity index (χ3n) is 6.37. The molecule has 34 heavy (non-hydrogen) atoms. The number of nitrogens with one attached hydrogen (secondary N) is 1. The molecule has 2 bridgehead atoms. The Kier molecular flexibility index (Phi) is 6.74. The van der Waals surface area contributed by atoms with Crippen molar-refractivity contribution in [1.82, 2.24) is 9.88 Å². The molecule has 1 aromatic heterocycles. The first-order valence-corrected chi connectivity index (χ1v) is 14.0. The summed E-state index contributed by atoms with van der Waals surface area (Å²) >= 11 is 13.7. The summed E-state index contributed by atoms with van der Waals surface area (Å²) in [6.07, 6.45) is 3.82. The number of halogens is 3. The highest BCUT2D eigenvalue weighted by molar-refractivity contribution is 7.92. The lowest BCUT2D eigenvalue weighted by Gasteiger charge is -2.39. The smallest absolute Gasteiger partial charge is 0.263 e. The predicted octanol–water partition coefficient (Wildman–Crippen LogP) is 5.96. The van der Waals surface area contributed by atoms with E-state index in [1.165, 1.54) is 29.5 Å². The minimum Gasteiger partial charge on any atom is -0.489 e. The van der Waals surface area contributed by atoms with Crippen molar-refractivity contribution in [3.05, 3.63) is 68.7 Å². The first-order valence-electron chi connectivity index (χ1n) is 10.9. The van der Waals surface area contributed by atoms with Gasteiger partial charge in [0, 0.05) is 24.0 Å². The topological polar surface area (TPSA) is 71.5 Å². The highest BCUT2D eigenvalue weighted by Crippen LogP contribution is 2.39. The SMILES string of the molecule is O=S(=O)(Nc1cscn1)c1ccc(O[C@H]2C[C@H]3CC[C@@H](C2)N3Cc2ccc(F)c(Cl)c2)c(Cl)c1. The van der Waals surface area contributed by atoms with Gasteiger partial charge >= 0.3 is 0 Å². The van der Waals surface area contributed by atoms with Gasteiger partial charge in [0.1, 0.15) is 17.7 Å². The highest BCUT2D eigenvalue weighted by atomic mass is 35.5. The number of nitrogens with zero attached hydrogens (tertiary/aromatic N) is 2. The maximum Gasteiger partial charge on any atom is 0.263 e. The molecular weight excluding hydrogens is 520 g/mol. The Hall–Kier alpha value is -1.91. The third kappa shape index (κ3) is 5.04. The van der Waals surface area contributed by atoms with Gasteiger partial charge in [0.15, 0.2) is 5.82 Å². The summed E-state index contributed by atoms with van der Waals surface area (Å²) < 4.78 is 47.3. The molecule has 0 saturated carbocycles. The maximum absolute atomic E-state index is 13.5. The molecule has 3 atom stereocenters. The van der Waals surface area contributed by atoms with Crippen LogP contribution in [0.4, 0.5) is 10.2 Å². The standard InChI is InChI=1S/C23H22Cl2FN3O3S2/c24-19-7-14(1-5-21(19)26)11-29-15-2-3-16(29)9-17(8-15)32-22-6-4-18(10-20(22)25)34(30,31)28-23-12-33-13-27-23/h1,4-7,10,12-13,15-17,28H,2-3,8-9,11H2/t15-,16+,17+. The fraction of sp³-hybridized carbons (Fsp3) is 0.348. The van der Waals surface area contributed by atoms with Gasteiger partial charge in [0.05, 0.1) is 20.5 Å². The van der Waals surface area contributed by atoms with E-state index in [1.54, 1.807) is 29.1 Å². The fourth-order valence-corrected chi connectivity index (χ4v) is 6.89. The molecule has 5 rings (SSSR count). The number of fused-ring (bicyclic) bond motifs is 2. The highest BCUT2D eigenvalue weighted by Gasteiger charge is 2.41. The monoisotopic (exact) mass is 541 g/mol. The van der Waals surface area contributed by atoms with Gasteiger partial charge in [0.25, 0.3) is 10.0 Å². The molecule has 2 aliphatic heterocycles. The van der Waals surface area contributed by atoms with Gasteiger partial charge < -0.3 is 4.74 Å². The first-order chi connectivity index (χ1) is 16.3. The summed E-state index contributed by atoms with van der Waals surface area (Å²) in [5.41, 5.74) is 2.54. The third-order valence-corrected chi connectivity index (χ3v) is 8.89. The lowest BCUT2D eigenvalue weighted by atomic mass is 9.98. The minimum absolute atomic E-state index is 0.0151. The van der Waals surface area contributed by atoms with E-state index in [9.17, 15) is 12.8 Å². The van der Waals surface area contributed by atoms with Crippen molar-refractivity contribution < 1.29 is 17.5 Å². The number of piperidine rings is 1.